The molecule has 1 saturated heterocycles. The Morgan fingerprint density at radius 2 is 1.90 bits per heavy atom. The molecule has 1 fully saturated rings. The maximum atomic E-state index is 13.0. The van der Waals surface area contributed by atoms with Crippen LogP contribution in [0.5, 0.6) is 5.75 Å². The van der Waals surface area contributed by atoms with Crippen molar-refractivity contribution in [3.63, 3.8) is 0 Å². The van der Waals surface area contributed by atoms with Gasteiger partial charge < -0.3 is 14.4 Å². The van der Waals surface area contributed by atoms with Crippen LogP contribution in [0, 0.1) is 6.92 Å². The molecule has 0 spiro atoms. The summed E-state index contributed by atoms with van der Waals surface area (Å²) >= 11 is 3.35. The average molecular weight is 469 g/mol. The van der Waals surface area contributed by atoms with E-state index in [-0.39, 0.29) is 17.2 Å². The average Bonchev–Trinajstić information content (AvgIpc) is 3.29. The summed E-state index contributed by atoms with van der Waals surface area (Å²) in [6.07, 6.45) is 0. The molecule has 1 aliphatic heterocycles. The molecule has 1 amide bonds. The molecule has 8 heteroatoms. The molecule has 0 radical (unpaired) electrons. The van der Waals surface area contributed by atoms with E-state index in [1.54, 1.807) is 61.5 Å². The number of amides is 1. The van der Waals surface area contributed by atoms with Crippen LogP contribution in [0.4, 0.5) is 5.82 Å². The van der Waals surface area contributed by atoms with E-state index in [9.17, 15) is 14.7 Å². The number of anilines is 1. The Hall–Kier alpha value is -3.39. The number of Topliss-reactive ketones (excluding diaryl/α,β-unsaturated/α-hetero) is 1. The number of hydrogen-bond acceptors (Lipinski definition) is 6. The predicted molar refractivity (Wildman–Crippen MR) is 113 cm³/mol. The summed E-state index contributed by atoms with van der Waals surface area (Å²) in [7, 11) is 1.53. The minimum absolute atomic E-state index is 0.0313. The van der Waals surface area contributed by atoms with Gasteiger partial charge in [-0.3, -0.25) is 14.5 Å². The summed E-state index contributed by atoms with van der Waals surface area (Å²) in [6.45, 7) is 1.69. The Morgan fingerprint density at radius 1 is 1.17 bits per heavy atom. The van der Waals surface area contributed by atoms with Crippen LogP contribution in [0.3, 0.4) is 0 Å². The van der Waals surface area contributed by atoms with Gasteiger partial charge in [0, 0.05) is 16.1 Å². The van der Waals surface area contributed by atoms with E-state index in [1.165, 1.54) is 12.0 Å². The van der Waals surface area contributed by atoms with Gasteiger partial charge in [-0.2, -0.15) is 0 Å². The monoisotopic (exact) mass is 468 g/mol. The summed E-state index contributed by atoms with van der Waals surface area (Å²) in [5.74, 6) is -0.630. The summed E-state index contributed by atoms with van der Waals surface area (Å²) < 4.78 is 11.2. The number of benzene rings is 2. The molecule has 7 nitrogen and oxygen atoms in total. The van der Waals surface area contributed by atoms with Crippen LogP contribution in [-0.4, -0.2) is 29.1 Å². The first-order valence-corrected chi connectivity index (χ1v) is 9.84. The van der Waals surface area contributed by atoms with Gasteiger partial charge in [0.2, 0.25) is 0 Å². The molecule has 0 unspecified atom stereocenters. The van der Waals surface area contributed by atoms with Crippen molar-refractivity contribution in [2.24, 2.45) is 0 Å². The zero-order chi connectivity index (χ0) is 21.4. The molecule has 1 aromatic heterocycles. The van der Waals surface area contributed by atoms with Gasteiger partial charge in [0.25, 0.3) is 5.78 Å². The Labute approximate surface area is 180 Å². The minimum Gasteiger partial charge on any atom is -0.507 e. The smallest absolute Gasteiger partial charge is 0.301 e. The van der Waals surface area contributed by atoms with Crippen LogP contribution in [-0.2, 0) is 9.59 Å². The highest BCUT2D eigenvalue weighted by Crippen LogP contribution is 2.42. The van der Waals surface area contributed by atoms with Gasteiger partial charge in [0.05, 0.1) is 18.7 Å². The molecule has 4 rings (SSSR count). The first kappa shape index (κ1) is 19.9. The van der Waals surface area contributed by atoms with Crippen LogP contribution in [0.15, 0.2) is 69.2 Å². The zero-order valence-electron chi connectivity index (χ0n) is 16.1. The van der Waals surface area contributed by atoms with E-state index in [0.717, 1.165) is 4.47 Å². The van der Waals surface area contributed by atoms with Crippen molar-refractivity contribution in [3.05, 3.63) is 81.5 Å². The predicted octanol–water partition coefficient (Wildman–Crippen LogP) is 4.38. The molecule has 1 aliphatic rings. The second kappa shape index (κ2) is 7.79. The molecular formula is C22H17BrN2O5. The molecule has 1 N–H and O–H groups in total. The number of aromatic nitrogens is 1. The quantitative estimate of drug-likeness (QED) is 0.347. The molecule has 2 heterocycles. The number of ether oxygens (including phenoxy) is 1. The van der Waals surface area contributed by atoms with Gasteiger partial charge in [0.15, 0.2) is 5.82 Å². The number of methoxy groups -OCH3 is 1. The fourth-order valence-corrected chi connectivity index (χ4v) is 3.69. The van der Waals surface area contributed by atoms with E-state index in [1.807, 2.05) is 0 Å². The lowest BCUT2D eigenvalue weighted by atomic mass is 9.95. The van der Waals surface area contributed by atoms with Crippen LogP contribution in [0.25, 0.3) is 5.76 Å². The van der Waals surface area contributed by atoms with Crippen molar-refractivity contribution in [1.29, 1.82) is 0 Å². The largest absolute Gasteiger partial charge is 0.507 e. The van der Waals surface area contributed by atoms with Crippen molar-refractivity contribution in [2.75, 3.05) is 12.0 Å². The van der Waals surface area contributed by atoms with Gasteiger partial charge in [-0.25, -0.2) is 0 Å². The summed E-state index contributed by atoms with van der Waals surface area (Å²) in [5.41, 5.74) is 0.976. The van der Waals surface area contributed by atoms with Crippen LogP contribution < -0.4 is 9.64 Å². The third kappa shape index (κ3) is 3.39. The number of carbonyl (C=O) groups excluding carboxylic acids is 2. The number of rotatable bonds is 4. The number of aliphatic hydroxyl groups is 1. The Balaban J connectivity index is 1.95. The Morgan fingerprint density at radius 3 is 2.53 bits per heavy atom. The molecule has 30 heavy (non-hydrogen) atoms. The summed E-state index contributed by atoms with van der Waals surface area (Å²) in [6, 6.07) is 14.5. The SMILES string of the molecule is COc1cccc([C@@H]2C(=C(O)c3ccc(Br)cc3)C(=O)C(=O)N2c2cc(C)on2)c1. The van der Waals surface area contributed by atoms with Crippen molar-refractivity contribution in [1.82, 2.24) is 5.16 Å². The van der Waals surface area contributed by atoms with Crippen LogP contribution in [0.1, 0.15) is 22.9 Å². The van der Waals surface area contributed by atoms with E-state index in [2.05, 4.69) is 21.1 Å². The van der Waals surface area contributed by atoms with Gasteiger partial charge in [-0.1, -0.05) is 45.4 Å². The van der Waals surface area contributed by atoms with E-state index in [0.29, 0.717) is 22.6 Å². The van der Waals surface area contributed by atoms with E-state index in [4.69, 9.17) is 9.26 Å². The number of carbonyl (C=O) groups is 2. The van der Waals surface area contributed by atoms with Crippen molar-refractivity contribution in [3.8, 4) is 5.75 Å². The molecule has 0 bridgehead atoms. The molecular weight excluding hydrogens is 452 g/mol. The Kier molecular flexibility index (Phi) is 5.17. The maximum Gasteiger partial charge on any atom is 0.301 e. The van der Waals surface area contributed by atoms with Gasteiger partial charge in [0.1, 0.15) is 17.3 Å². The first-order valence-electron chi connectivity index (χ1n) is 9.05. The van der Waals surface area contributed by atoms with Gasteiger partial charge in [-0.05, 0) is 36.8 Å². The highest BCUT2D eigenvalue weighted by atomic mass is 79.9. The highest BCUT2D eigenvalue weighted by Gasteiger charge is 2.48. The fraction of sp³-hybridized carbons (Fsp3) is 0.136. The second-order valence-corrected chi connectivity index (χ2v) is 7.66. The number of ketones is 1. The minimum atomic E-state index is -0.895. The second-order valence-electron chi connectivity index (χ2n) is 6.75. The number of aryl methyl sites for hydroxylation is 1. The zero-order valence-corrected chi connectivity index (χ0v) is 17.7. The van der Waals surface area contributed by atoms with E-state index < -0.39 is 17.7 Å². The Bertz CT molecular complexity index is 1170. The molecule has 0 aliphatic carbocycles. The van der Waals surface area contributed by atoms with Crippen molar-refractivity contribution < 1.29 is 24.0 Å². The summed E-state index contributed by atoms with van der Waals surface area (Å²) in [4.78, 5) is 27.2. The topological polar surface area (TPSA) is 92.9 Å². The number of aliphatic hydroxyl groups excluding tert-OH is 1. The number of halogens is 1. The van der Waals surface area contributed by atoms with Crippen molar-refractivity contribution >= 4 is 39.2 Å². The maximum absolute atomic E-state index is 13.0. The number of nitrogens with zero attached hydrogens (tertiary/aromatic N) is 2. The lowest BCUT2D eigenvalue weighted by Gasteiger charge is -2.23. The lowest BCUT2D eigenvalue weighted by Crippen LogP contribution is -2.29. The van der Waals surface area contributed by atoms with Crippen LogP contribution in [0.2, 0.25) is 0 Å². The van der Waals surface area contributed by atoms with Crippen molar-refractivity contribution in [2.45, 2.75) is 13.0 Å². The third-order valence-corrected chi connectivity index (χ3v) is 5.36. The normalized spacial score (nSPS) is 18.1. The molecule has 3 aromatic rings. The number of hydrogen-bond donors (Lipinski definition) is 1. The third-order valence-electron chi connectivity index (χ3n) is 4.83. The van der Waals surface area contributed by atoms with Gasteiger partial charge >= 0.3 is 5.91 Å². The molecule has 1 atom stereocenters. The standard InChI is InChI=1S/C22H17BrN2O5/c1-12-10-17(24-30-12)25-19(14-4-3-5-16(11-14)29-2)18(21(27)22(25)28)20(26)13-6-8-15(23)9-7-13/h3-11,19,26H,1-2H3/t19-/m1/s1. The molecule has 0 saturated carbocycles. The first-order chi connectivity index (χ1) is 14.4. The lowest BCUT2D eigenvalue weighted by molar-refractivity contribution is -0.132. The van der Waals surface area contributed by atoms with E-state index >= 15 is 0 Å². The fourth-order valence-electron chi connectivity index (χ4n) is 3.43. The van der Waals surface area contributed by atoms with Crippen LogP contribution >= 0.6 is 15.9 Å². The molecule has 152 valence electrons. The highest BCUT2D eigenvalue weighted by molar-refractivity contribution is 9.10. The summed E-state index contributed by atoms with van der Waals surface area (Å²) in [5, 5.41) is 14.9. The molecule has 2 aromatic carbocycles. The van der Waals surface area contributed by atoms with Gasteiger partial charge in [-0.15, -0.1) is 0 Å².